The fourth-order valence-corrected chi connectivity index (χ4v) is 2.82. The minimum absolute atomic E-state index is 0.0598. The number of nitrogens with zero attached hydrogens (tertiary/aromatic N) is 2. The second-order valence-corrected chi connectivity index (χ2v) is 6.43. The van der Waals surface area contributed by atoms with Crippen molar-refractivity contribution in [1.29, 1.82) is 0 Å². The van der Waals surface area contributed by atoms with Crippen LogP contribution in [0.2, 0.25) is 0 Å². The van der Waals surface area contributed by atoms with Crippen molar-refractivity contribution in [3.8, 4) is 0 Å². The lowest BCUT2D eigenvalue weighted by Crippen LogP contribution is -2.31. The minimum Gasteiger partial charge on any atom is -0.274 e. The van der Waals surface area contributed by atoms with Gasteiger partial charge in [0, 0.05) is 12.0 Å². The molecule has 10 heteroatoms. The van der Waals surface area contributed by atoms with E-state index in [2.05, 4.69) is 16.8 Å². The largest absolute Gasteiger partial charge is 0.442 e. The molecule has 6 nitrogen and oxygen atoms in total. The molecule has 0 unspecified atom stereocenters. The van der Waals surface area contributed by atoms with Crippen LogP contribution in [0.1, 0.15) is 18.4 Å². The number of allylic oxidation sites excluding steroid dienone is 1. The van der Waals surface area contributed by atoms with Crippen LogP contribution in [0.3, 0.4) is 0 Å². The second-order valence-electron chi connectivity index (χ2n) is 4.75. The molecule has 1 amide bonds. The monoisotopic (exact) mass is 347 g/mol. The molecule has 0 fully saturated rings. The molecule has 0 bridgehead atoms. The normalized spacial score (nSPS) is 16.0. The Morgan fingerprint density at radius 2 is 1.83 bits per heavy atom. The summed E-state index contributed by atoms with van der Waals surface area (Å²) in [6.45, 7) is 3.41. The first-order valence-corrected chi connectivity index (χ1v) is 7.88. The van der Waals surface area contributed by atoms with Gasteiger partial charge in [-0.05, 0) is 18.6 Å². The molecule has 124 valence electrons. The van der Waals surface area contributed by atoms with E-state index in [1.54, 1.807) is 0 Å². The molecule has 0 radical (unpaired) electrons. The van der Waals surface area contributed by atoms with Crippen molar-refractivity contribution in [1.82, 2.24) is 4.72 Å². The summed E-state index contributed by atoms with van der Waals surface area (Å²) in [5, 5.41) is 6.04. The highest BCUT2D eigenvalue weighted by Crippen LogP contribution is 2.52. The number of halogens is 3. The summed E-state index contributed by atoms with van der Waals surface area (Å²) in [5.74, 6) is -0.729. The van der Waals surface area contributed by atoms with Crippen LogP contribution >= 0.6 is 0 Å². The van der Waals surface area contributed by atoms with Gasteiger partial charge in [0.2, 0.25) is 5.91 Å². The molecule has 1 aliphatic rings. The Bertz CT molecular complexity index is 749. The first kappa shape index (κ1) is 17.1. The van der Waals surface area contributed by atoms with E-state index in [0.717, 1.165) is 24.3 Å². The Hall–Kier alpha value is -2.23. The fraction of sp³-hybridized carbons (Fsp3) is 0.308. The van der Waals surface area contributed by atoms with Gasteiger partial charge in [-0.2, -0.15) is 13.2 Å². The molecule has 23 heavy (non-hydrogen) atoms. The van der Waals surface area contributed by atoms with E-state index in [0.29, 0.717) is 6.42 Å². The standard InChI is InChI=1S/C13H12F3N3O3S/c1-2-3-4-11(20)17-23(21,22)10-7-5-9(6-8-10)12(18-19-12)13(14,15)16/h2,5-8H,1,3-4H2,(H,17,20). The number of rotatable bonds is 6. The predicted octanol–water partition coefficient (Wildman–Crippen LogP) is 2.64. The SMILES string of the molecule is C=CCCC(=O)NS(=O)(=O)c1ccc(C2(C(F)(F)F)N=N2)cc1. The van der Waals surface area contributed by atoms with Crippen LogP contribution in [0.4, 0.5) is 13.2 Å². The molecular weight excluding hydrogens is 335 g/mol. The number of carbonyl (C=O) groups is 1. The maximum Gasteiger partial charge on any atom is 0.442 e. The van der Waals surface area contributed by atoms with E-state index in [9.17, 15) is 26.4 Å². The Morgan fingerprint density at radius 3 is 2.26 bits per heavy atom. The highest BCUT2D eigenvalue weighted by molar-refractivity contribution is 7.90. The number of alkyl halides is 3. The number of hydrogen-bond acceptors (Lipinski definition) is 5. The van der Waals surface area contributed by atoms with Crippen molar-refractivity contribution in [2.75, 3.05) is 0 Å². The number of nitrogens with one attached hydrogen (secondary N) is 1. The van der Waals surface area contributed by atoms with Crippen LogP contribution < -0.4 is 4.72 Å². The Labute approximate surface area is 130 Å². The van der Waals surface area contributed by atoms with Crippen LogP contribution in [-0.4, -0.2) is 20.5 Å². The zero-order chi connectivity index (χ0) is 17.3. The molecule has 1 N–H and O–H groups in total. The third kappa shape index (κ3) is 3.41. The highest BCUT2D eigenvalue weighted by Gasteiger charge is 2.65. The van der Waals surface area contributed by atoms with E-state index >= 15 is 0 Å². The minimum atomic E-state index is -4.69. The van der Waals surface area contributed by atoms with Gasteiger partial charge in [-0.3, -0.25) is 4.79 Å². The van der Waals surface area contributed by atoms with Crippen molar-refractivity contribution in [3.05, 3.63) is 42.5 Å². The lowest BCUT2D eigenvalue weighted by atomic mass is 10.0. The summed E-state index contributed by atoms with van der Waals surface area (Å²) in [6, 6.07) is 3.87. The summed E-state index contributed by atoms with van der Waals surface area (Å²) < 4.78 is 64.2. The molecular formula is C13H12F3N3O3S. The molecule has 0 saturated heterocycles. The molecule has 1 aromatic rings. The maximum absolute atomic E-state index is 12.8. The molecule has 1 aromatic carbocycles. The van der Waals surface area contributed by atoms with Gasteiger partial charge in [0.1, 0.15) is 0 Å². The molecule has 0 atom stereocenters. The van der Waals surface area contributed by atoms with Crippen LogP contribution in [0.15, 0.2) is 52.0 Å². The molecule has 0 aromatic heterocycles. The van der Waals surface area contributed by atoms with Gasteiger partial charge < -0.3 is 0 Å². The molecule has 0 saturated carbocycles. The average Bonchev–Trinajstić information content (AvgIpc) is 3.26. The number of amides is 1. The van der Waals surface area contributed by atoms with Crippen molar-refractivity contribution >= 4 is 15.9 Å². The van der Waals surface area contributed by atoms with Crippen molar-refractivity contribution in [3.63, 3.8) is 0 Å². The topological polar surface area (TPSA) is 88.0 Å². The summed E-state index contributed by atoms with van der Waals surface area (Å²) >= 11 is 0. The summed E-state index contributed by atoms with van der Waals surface area (Å²) in [6.07, 6.45) is -2.99. The average molecular weight is 347 g/mol. The van der Waals surface area contributed by atoms with E-state index in [-0.39, 0.29) is 16.9 Å². The van der Waals surface area contributed by atoms with Gasteiger partial charge in [-0.15, -0.1) is 16.8 Å². The summed E-state index contributed by atoms with van der Waals surface area (Å²) in [4.78, 5) is 11.1. The van der Waals surface area contributed by atoms with Gasteiger partial charge in [-0.25, -0.2) is 13.1 Å². The zero-order valence-electron chi connectivity index (χ0n) is 11.7. The van der Waals surface area contributed by atoms with E-state index in [1.165, 1.54) is 6.08 Å². The van der Waals surface area contributed by atoms with Gasteiger partial charge >= 0.3 is 11.8 Å². The van der Waals surface area contributed by atoms with Gasteiger partial charge in [-0.1, -0.05) is 18.2 Å². The Balaban J connectivity index is 2.16. The van der Waals surface area contributed by atoms with Gasteiger partial charge in [0.25, 0.3) is 10.0 Å². The highest BCUT2D eigenvalue weighted by atomic mass is 32.2. The number of carbonyl (C=O) groups excluding carboxylic acids is 1. The van der Waals surface area contributed by atoms with Crippen molar-refractivity contribution < 1.29 is 26.4 Å². The maximum atomic E-state index is 12.8. The van der Waals surface area contributed by atoms with Crippen molar-refractivity contribution in [2.45, 2.75) is 29.6 Å². The van der Waals surface area contributed by atoms with E-state index in [1.807, 2.05) is 4.72 Å². The van der Waals surface area contributed by atoms with Crippen LogP contribution in [0, 0.1) is 0 Å². The van der Waals surface area contributed by atoms with E-state index in [4.69, 9.17) is 0 Å². The lowest BCUT2D eigenvalue weighted by Gasteiger charge is -2.15. The lowest BCUT2D eigenvalue weighted by molar-refractivity contribution is -0.166. The first-order valence-electron chi connectivity index (χ1n) is 6.40. The summed E-state index contributed by atoms with van der Waals surface area (Å²) in [5.41, 5.74) is -2.90. The molecule has 0 spiro atoms. The van der Waals surface area contributed by atoms with Gasteiger partial charge in [0.15, 0.2) is 0 Å². The Morgan fingerprint density at radius 1 is 1.26 bits per heavy atom. The molecule has 1 aliphatic heterocycles. The molecule has 0 aliphatic carbocycles. The van der Waals surface area contributed by atoms with Crippen molar-refractivity contribution in [2.24, 2.45) is 10.2 Å². The van der Waals surface area contributed by atoms with Crippen LogP contribution in [0.25, 0.3) is 0 Å². The number of benzene rings is 1. The molecule has 2 rings (SSSR count). The second kappa shape index (κ2) is 5.76. The Kier molecular flexibility index (Phi) is 4.29. The molecule has 1 heterocycles. The predicted molar refractivity (Wildman–Crippen MR) is 73.8 cm³/mol. The van der Waals surface area contributed by atoms with Gasteiger partial charge in [0.05, 0.1) is 4.90 Å². The zero-order valence-corrected chi connectivity index (χ0v) is 12.5. The third-order valence-corrected chi connectivity index (χ3v) is 4.48. The summed E-state index contributed by atoms with van der Waals surface area (Å²) in [7, 11) is -4.14. The smallest absolute Gasteiger partial charge is 0.274 e. The number of sulfonamides is 1. The first-order chi connectivity index (χ1) is 10.6. The fourth-order valence-electron chi connectivity index (χ4n) is 1.80. The number of hydrogen-bond donors (Lipinski definition) is 1. The quantitative estimate of drug-likeness (QED) is 0.803. The van der Waals surface area contributed by atoms with Crippen LogP contribution in [0.5, 0.6) is 0 Å². The third-order valence-electron chi connectivity index (χ3n) is 3.09. The van der Waals surface area contributed by atoms with E-state index < -0.39 is 27.8 Å². The van der Waals surface area contributed by atoms with Crippen LogP contribution in [-0.2, 0) is 20.5 Å².